The first-order valence-electron chi connectivity index (χ1n) is 7.33. The quantitative estimate of drug-likeness (QED) is 0.477. The highest BCUT2D eigenvalue weighted by molar-refractivity contribution is 6.07. The van der Waals surface area contributed by atoms with Crippen molar-refractivity contribution in [2.45, 2.75) is 0 Å². The zero-order chi connectivity index (χ0) is 14.5. The molecular weight excluding hydrogens is 270 g/mol. The van der Waals surface area contributed by atoms with Crippen LogP contribution in [0.5, 0.6) is 0 Å². The highest BCUT2D eigenvalue weighted by Gasteiger charge is 2.08. The van der Waals surface area contributed by atoms with Crippen LogP contribution >= 0.6 is 0 Å². The first kappa shape index (κ1) is 11.6. The minimum Gasteiger partial charge on any atom is -0.353 e. The maximum Gasteiger partial charge on any atom is 0.137 e. The summed E-state index contributed by atoms with van der Waals surface area (Å²) in [5, 5.41) is 3.67. The van der Waals surface area contributed by atoms with Crippen molar-refractivity contribution in [3.05, 3.63) is 73.1 Å². The molecule has 0 atom stereocenters. The monoisotopic (exact) mass is 283 g/mol. The third kappa shape index (κ3) is 1.53. The van der Waals surface area contributed by atoms with Crippen LogP contribution in [0.4, 0.5) is 0 Å². The number of benzene rings is 2. The Hall–Kier alpha value is -3.07. The number of rotatable bonds is 1. The lowest BCUT2D eigenvalue weighted by atomic mass is 10.2. The van der Waals surface area contributed by atoms with Gasteiger partial charge in [-0.3, -0.25) is 0 Å². The largest absolute Gasteiger partial charge is 0.353 e. The fraction of sp³-hybridized carbons (Fsp3) is 0. The highest BCUT2D eigenvalue weighted by atomic mass is 15.0. The minimum atomic E-state index is 0.943. The fourth-order valence-electron chi connectivity index (χ4n) is 3.15. The van der Waals surface area contributed by atoms with Crippen LogP contribution < -0.4 is 0 Å². The summed E-state index contributed by atoms with van der Waals surface area (Å²) < 4.78 is 2.14. The van der Waals surface area contributed by atoms with Crippen molar-refractivity contribution in [3.8, 4) is 5.82 Å². The molecule has 2 aromatic carbocycles. The predicted octanol–water partition coefficient (Wildman–Crippen LogP) is 4.66. The lowest BCUT2D eigenvalue weighted by Crippen LogP contribution is -1.94. The molecule has 0 amide bonds. The maximum atomic E-state index is 4.63. The van der Waals surface area contributed by atoms with Crippen LogP contribution in [0, 0.1) is 0 Å². The van der Waals surface area contributed by atoms with E-state index in [4.69, 9.17) is 0 Å². The van der Waals surface area contributed by atoms with Gasteiger partial charge in [0.25, 0.3) is 0 Å². The molecule has 1 N–H and O–H groups in total. The molecule has 0 saturated heterocycles. The van der Waals surface area contributed by atoms with E-state index in [0.717, 1.165) is 16.9 Å². The zero-order valence-electron chi connectivity index (χ0n) is 11.8. The molecule has 0 aliphatic carbocycles. The molecule has 0 spiro atoms. The van der Waals surface area contributed by atoms with Crippen molar-refractivity contribution in [1.82, 2.24) is 14.5 Å². The van der Waals surface area contributed by atoms with Gasteiger partial charge in [-0.05, 0) is 29.7 Å². The van der Waals surface area contributed by atoms with Crippen molar-refractivity contribution >= 4 is 32.7 Å². The first-order valence-corrected chi connectivity index (χ1v) is 7.33. The van der Waals surface area contributed by atoms with Crippen LogP contribution in [-0.2, 0) is 0 Å². The molecule has 3 aromatic heterocycles. The number of aromatic amines is 1. The summed E-state index contributed by atoms with van der Waals surface area (Å²) in [4.78, 5) is 8.04. The first-order chi connectivity index (χ1) is 10.9. The molecule has 5 aromatic rings. The number of pyridine rings is 1. The summed E-state index contributed by atoms with van der Waals surface area (Å²) in [5.41, 5.74) is 3.39. The number of H-pyrrole nitrogens is 1. The average Bonchev–Trinajstić information content (AvgIpc) is 3.15. The van der Waals surface area contributed by atoms with E-state index in [9.17, 15) is 0 Å². The van der Waals surface area contributed by atoms with E-state index in [2.05, 4.69) is 75.3 Å². The van der Waals surface area contributed by atoms with E-state index >= 15 is 0 Å². The van der Waals surface area contributed by atoms with Gasteiger partial charge in [-0.1, -0.05) is 36.4 Å². The number of hydrogen-bond acceptors (Lipinski definition) is 1. The number of para-hydroxylation sites is 2. The molecule has 5 rings (SSSR count). The molecule has 3 heterocycles. The van der Waals surface area contributed by atoms with Crippen molar-refractivity contribution < 1.29 is 0 Å². The average molecular weight is 283 g/mol. The van der Waals surface area contributed by atoms with Crippen LogP contribution in [0.3, 0.4) is 0 Å². The van der Waals surface area contributed by atoms with E-state index < -0.39 is 0 Å². The molecule has 0 aliphatic heterocycles. The molecular formula is C19H13N3. The Balaban J connectivity index is 1.83. The molecule has 0 saturated carbocycles. The van der Waals surface area contributed by atoms with Crippen LogP contribution in [-0.4, -0.2) is 14.5 Å². The predicted molar refractivity (Wildman–Crippen MR) is 90.4 cm³/mol. The van der Waals surface area contributed by atoms with E-state index in [1.165, 1.54) is 21.7 Å². The normalized spacial score (nSPS) is 11.6. The summed E-state index contributed by atoms with van der Waals surface area (Å²) in [7, 11) is 0. The number of nitrogens with one attached hydrogen (secondary N) is 1. The van der Waals surface area contributed by atoms with Crippen molar-refractivity contribution in [2.75, 3.05) is 0 Å². The SMILES string of the molecule is c1ccc2c(c1)ccn2-c1cc2c(cn1)[nH]c1ccccc12. The number of nitrogens with zero attached hydrogens (tertiary/aromatic N) is 2. The Morgan fingerprint density at radius 3 is 2.68 bits per heavy atom. The van der Waals surface area contributed by atoms with Gasteiger partial charge in [0.1, 0.15) is 5.82 Å². The molecule has 0 fully saturated rings. The Morgan fingerprint density at radius 2 is 1.68 bits per heavy atom. The van der Waals surface area contributed by atoms with Crippen molar-refractivity contribution in [1.29, 1.82) is 0 Å². The molecule has 0 aliphatic rings. The third-order valence-electron chi connectivity index (χ3n) is 4.22. The van der Waals surface area contributed by atoms with Gasteiger partial charge in [0.05, 0.1) is 17.2 Å². The lowest BCUT2D eigenvalue weighted by Gasteiger charge is -2.04. The summed E-state index contributed by atoms with van der Waals surface area (Å²) in [5.74, 6) is 0.943. The van der Waals surface area contributed by atoms with E-state index in [1.807, 2.05) is 12.3 Å². The summed E-state index contributed by atoms with van der Waals surface area (Å²) in [6, 6.07) is 21.0. The zero-order valence-corrected chi connectivity index (χ0v) is 11.8. The molecule has 0 unspecified atom stereocenters. The van der Waals surface area contributed by atoms with Gasteiger partial charge in [-0.2, -0.15) is 0 Å². The van der Waals surface area contributed by atoms with Crippen molar-refractivity contribution in [3.63, 3.8) is 0 Å². The van der Waals surface area contributed by atoms with Crippen molar-refractivity contribution in [2.24, 2.45) is 0 Å². The van der Waals surface area contributed by atoms with Gasteiger partial charge >= 0.3 is 0 Å². The second kappa shape index (κ2) is 4.21. The van der Waals surface area contributed by atoms with Gasteiger partial charge in [-0.25, -0.2) is 4.98 Å². The van der Waals surface area contributed by atoms with E-state index in [-0.39, 0.29) is 0 Å². The molecule has 22 heavy (non-hydrogen) atoms. The van der Waals surface area contributed by atoms with E-state index in [1.54, 1.807) is 0 Å². The Morgan fingerprint density at radius 1 is 0.818 bits per heavy atom. The van der Waals surface area contributed by atoms with E-state index in [0.29, 0.717) is 0 Å². The topological polar surface area (TPSA) is 33.6 Å². The standard InChI is InChI=1S/C19H13N3/c1-4-8-18-13(5-1)9-10-22(18)19-11-15-14-6-2-3-7-16(14)21-17(15)12-20-19/h1-12,21H. The Bertz CT molecular complexity index is 1130. The fourth-order valence-corrected chi connectivity index (χ4v) is 3.15. The second-order valence-electron chi connectivity index (χ2n) is 5.50. The third-order valence-corrected chi connectivity index (χ3v) is 4.22. The molecule has 3 heteroatoms. The van der Waals surface area contributed by atoms with Gasteiger partial charge in [0.2, 0.25) is 0 Å². The molecule has 3 nitrogen and oxygen atoms in total. The smallest absolute Gasteiger partial charge is 0.137 e. The maximum absolute atomic E-state index is 4.63. The van der Waals surface area contributed by atoms with Gasteiger partial charge in [0, 0.05) is 22.5 Å². The second-order valence-corrected chi connectivity index (χ2v) is 5.50. The summed E-state index contributed by atoms with van der Waals surface area (Å²) >= 11 is 0. The van der Waals surface area contributed by atoms with Crippen LogP contribution in [0.15, 0.2) is 73.1 Å². The molecule has 0 bridgehead atoms. The Labute approximate surface area is 126 Å². The Kier molecular flexibility index (Phi) is 2.22. The number of hydrogen-bond donors (Lipinski definition) is 1. The number of fused-ring (bicyclic) bond motifs is 4. The summed E-state index contributed by atoms with van der Waals surface area (Å²) in [6.07, 6.45) is 3.99. The number of aromatic nitrogens is 3. The summed E-state index contributed by atoms with van der Waals surface area (Å²) in [6.45, 7) is 0. The van der Waals surface area contributed by atoms with Gasteiger partial charge < -0.3 is 9.55 Å². The van der Waals surface area contributed by atoms with Gasteiger partial charge in [-0.15, -0.1) is 0 Å². The minimum absolute atomic E-state index is 0.943. The molecule has 0 radical (unpaired) electrons. The molecule has 104 valence electrons. The lowest BCUT2D eigenvalue weighted by molar-refractivity contribution is 1.05. The van der Waals surface area contributed by atoms with Crippen LogP contribution in [0.2, 0.25) is 0 Å². The highest BCUT2D eigenvalue weighted by Crippen LogP contribution is 2.27. The van der Waals surface area contributed by atoms with Crippen LogP contribution in [0.25, 0.3) is 38.5 Å². The van der Waals surface area contributed by atoms with Crippen LogP contribution in [0.1, 0.15) is 0 Å². The van der Waals surface area contributed by atoms with Gasteiger partial charge in [0.15, 0.2) is 0 Å².